The Morgan fingerprint density at radius 1 is 1.00 bits per heavy atom. The molecule has 0 saturated carbocycles. The van der Waals surface area contributed by atoms with Crippen molar-refractivity contribution in [1.29, 1.82) is 0 Å². The average Bonchev–Trinajstić information content (AvgIpc) is 2.32. The lowest BCUT2D eigenvalue weighted by Crippen LogP contribution is -2.23. The first kappa shape index (κ1) is 19.7. The van der Waals surface area contributed by atoms with Crippen molar-refractivity contribution in [3.8, 4) is 0 Å². The van der Waals surface area contributed by atoms with Gasteiger partial charge in [0, 0.05) is 31.3 Å². The Hall–Kier alpha value is -0.810. The van der Waals surface area contributed by atoms with Gasteiger partial charge in [-0.25, -0.2) is 0 Å². The first-order valence-corrected chi connectivity index (χ1v) is 4.86. The Labute approximate surface area is 87.8 Å². The predicted octanol–water partition coefficient (Wildman–Crippen LogP) is 3.77. The highest BCUT2D eigenvalue weighted by molar-refractivity contribution is 5.75. The Balaban J connectivity index is -0.000000318. The van der Waals surface area contributed by atoms with E-state index in [1.165, 1.54) is 12.8 Å². The fraction of sp³-hybridized carbons (Fsp3) is 0.889. The van der Waals surface area contributed by atoms with E-state index in [1.807, 2.05) is 0 Å². The van der Waals surface area contributed by atoms with Crippen LogP contribution in [0.15, 0.2) is 0 Å². The number of carbonyl (C=O) groups is 1. The van der Waals surface area contributed by atoms with Gasteiger partial charge in [0.25, 0.3) is 0 Å². The zero-order valence-corrected chi connectivity index (χ0v) is 9.16. The fourth-order valence-electron chi connectivity index (χ4n) is 0.888. The molecule has 0 heterocycles. The van der Waals surface area contributed by atoms with Crippen LogP contribution in [0.3, 0.4) is 0 Å². The van der Waals surface area contributed by atoms with E-state index in [4.69, 9.17) is 18.3 Å². The third kappa shape index (κ3) is 24.6. The van der Waals surface area contributed by atoms with Gasteiger partial charge >= 0.3 is 0 Å². The minimum atomic E-state index is 0.209. The molecular formula is C9H19F4NO. The van der Waals surface area contributed by atoms with Crippen LogP contribution in [0.5, 0.6) is 0 Å². The third-order valence-corrected chi connectivity index (χ3v) is 1.58. The van der Waals surface area contributed by atoms with E-state index in [9.17, 15) is 4.79 Å². The van der Waals surface area contributed by atoms with Crippen molar-refractivity contribution in [2.45, 2.75) is 46.0 Å². The molecule has 1 N–H and O–H groups in total. The maximum atomic E-state index is 11.0. The minimum Gasteiger partial charge on any atom is -0.356 e. The van der Waals surface area contributed by atoms with E-state index in [2.05, 4.69) is 19.2 Å². The van der Waals surface area contributed by atoms with Gasteiger partial charge in [-0.15, -0.1) is 0 Å². The van der Waals surface area contributed by atoms with Gasteiger partial charge in [0.2, 0.25) is 5.91 Å². The number of hydrogen-bond donors (Lipinski definition) is 1. The highest BCUT2D eigenvalue weighted by Crippen LogP contribution is 1.97. The monoisotopic (exact) mass is 233 g/mol. The molecule has 15 heavy (non-hydrogen) atoms. The second-order valence-electron chi connectivity index (χ2n) is 2.81. The summed E-state index contributed by atoms with van der Waals surface area (Å²) >= 11 is 0. The van der Waals surface area contributed by atoms with Crippen molar-refractivity contribution in [1.82, 2.24) is 5.32 Å². The standard InChI is InChI=1S/C9H19NO.2F2/c1-3-5-6-7-9(11)10-8-4-2;2*1-2/h3-8H2,1-2H3,(H,10,11);;. The van der Waals surface area contributed by atoms with Crippen molar-refractivity contribution < 1.29 is 23.1 Å². The van der Waals surface area contributed by atoms with Crippen LogP contribution < -0.4 is 5.32 Å². The lowest BCUT2D eigenvalue weighted by molar-refractivity contribution is -0.121. The topological polar surface area (TPSA) is 29.1 Å². The Morgan fingerprint density at radius 3 is 1.93 bits per heavy atom. The molecule has 0 aromatic heterocycles. The highest BCUT2D eigenvalue weighted by atomic mass is 20.0. The summed E-state index contributed by atoms with van der Waals surface area (Å²) in [6.45, 7) is 5.03. The zero-order chi connectivity index (χ0) is 12.5. The van der Waals surface area contributed by atoms with Crippen LogP contribution >= 0.6 is 0 Å². The second kappa shape index (κ2) is 23.2. The Morgan fingerprint density at radius 2 is 1.53 bits per heavy atom. The Bertz CT molecular complexity index is 114. The molecule has 0 aromatic rings. The molecule has 1 amide bonds. The number of amides is 1. The van der Waals surface area contributed by atoms with E-state index in [-0.39, 0.29) is 5.91 Å². The summed E-state index contributed by atoms with van der Waals surface area (Å²) in [4.78, 5) is 11.0. The number of unbranched alkanes of at least 4 members (excludes halogenated alkanes) is 2. The van der Waals surface area contributed by atoms with Crippen LogP contribution in [-0.4, -0.2) is 12.5 Å². The zero-order valence-electron chi connectivity index (χ0n) is 9.16. The number of carbonyl (C=O) groups excluding carboxylic acids is 1. The second-order valence-corrected chi connectivity index (χ2v) is 2.81. The summed E-state index contributed by atoms with van der Waals surface area (Å²) in [6, 6.07) is 0. The minimum absolute atomic E-state index is 0.209. The third-order valence-electron chi connectivity index (χ3n) is 1.58. The van der Waals surface area contributed by atoms with Gasteiger partial charge in [-0.3, -0.25) is 4.79 Å². The van der Waals surface area contributed by atoms with Gasteiger partial charge in [-0.05, 0) is 12.8 Å². The van der Waals surface area contributed by atoms with Gasteiger partial charge in [0.15, 0.2) is 0 Å². The lowest BCUT2D eigenvalue weighted by atomic mass is 10.2. The van der Waals surface area contributed by atoms with E-state index in [0.29, 0.717) is 6.42 Å². The fourth-order valence-corrected chi connectivity index (χ4v) is 0.888. The quantitative estimate of drug-likeness (QED) is 0.549. The van der Waals surface area contributed by atoms with Crippen LogP contribution in [0.4, 0.5) is 18.3 Å². The van der Waals surface area contributed by atoms with Gasteiger partial charge in [0.1, 0.15) is 0 Å². The van der Waals surface area contributed by atoms with E-state index < -0.39 is 0 Å². The summed E-state index contributed by atoms with van der Waals surface area (Å²) in [5.74, 6) is 0.209. The first-order chi connectivity index (χ1) is 7.31. The van der Waals surface area contributed by atoms with Gasteiger partial charge in [-0.1, -0.05) is 26.7 Å². The molecule has 0 atom stereocenters. The summed E-state index contributed by atoms with van der Waals surface area (Å²) in [7, 11) is 0. The largest absolute Gasteiger partial charge is 0.356 e. The molecule has 0 aromatic carbocycles. The summed E-state index contributed by atoms with van der Waals surface area (Å²) in [5, 5.41) is 2.85. The summed E-state index contributed by atoms with van der Waals surface area (Å²) < 4.78 is 32.0. The lowest BCUT2D eigenvalue weighted by Gasteiger charge is -2.01. The summed E-state index contributed by atoms with van der Waals surface area (Å²) in [6.07, 6.45) is 5.11. The number of hydrogen-bond acceptors (Lipinski definition) is 1. The first-order valence-electron chi connectivity index (χ1n) is 4.86. The van der Waals surface area contributed by atoms with Crippen molar-refractivity contribution in [2.24, 2.45) is 0 Å². The maximum Gasteiger partial charge on any atom is 0.219 e. The molecule has 0 bridgehead atoms. The molecule has 0 rings (SSSR count). The van der Waals surface area contributed by atoms with Crippen molar-refractivity contribution in [2.75, 3.05) is 6.54 Å². The van der Waals surface area contributed by atoms with Crippen molar-refractivity contribution in [3.05, 3.63) is 0 Å². The molecule has 0 aliphatic carbocycles. The summed E-state index contributed by atoms with van der Waals surface area (Å²) in [5.41, 5.74) is 0. The normalized spacial score (nSPS) is 7.87. The van der Waals surface area contributed by atoms with E-state index in [0.717, 1.165) is 19.4 Å². The molecule has 94 valence electrons. The van der Waals surface area contributed by atoms with Gasteiger partial charge in [-0.2, -0.15) is 0 Å². The highest BCUT2D eigenvalue weighted by Gasteiger charge is 1.97. The Kier molecular flexibility index (Phi) is 30.5. The predicted molar refractivity (Wildman–Crippen MR) is 51.9 cm³/mol. The SMILES string of the molecule is CCCCCC(=O)NCCC.FF.FF. The molecule has 0 radical (unpaired) electrons. The molecule has 6 heteroatoms. The van der Waals surface area contributed by atoms with Crippen LogP contribution in [0.1, 0.15) is 46.0 Å². The molecular weight excluding hydrogens is 214 g/mol. The number of rotatable bonds is 6. The molecule has 2 nitrogen and oxygen atoms in total. The molecule has 0 aliphatic heterocycles. The molecule has 0 unspecified atom stereocenters. The van der Waals surface area contributed by atoms with Crippen LogP contribution in [0, 0.1) is 0 Å². The van der Waals surface area contributed by atoms with E-state index >= 15 is 0 Å². The number of nitrogens with one attached hydrogen (secondary N) is 1. The average molecular weight is 233 g/mol. The van der Waals surface area contributed by atoms with Crippen molar-refractivity contribution >= 4 is 5.91 Å². The number of halogens is 4. The van der Waals surface area contributed by atoms with Crippen LogP contribution in [0.2, 0.25) is 0 Å². The van der Waals surface area contributed by atoms with Crippen LogP contribution in [0.25, 0.3) is 0 Å². The van der Waals surface area contributed by atoms with Gasteiger partial charge in [0.05, 0.1) is 0 Å². The van der Waals surface area contributed by atoms with Gasteiger partial charge < -0.3 is 5.32 Å². The van der Waals surface area contributed by atoms with Crippen LogP contribution in [-0.2, 0) is 4.79 Å². The van der Waals surface area contributed by atoms with E-state index in [1.54, 1.807) is 0 Å². The molecule has 0 spiro atoms. The molecule has 0 saturated heterocycles. The molecule has 0 fully saturated rings. The van der Waals surface area contributed by atoms with Crippen molar-refractivity contribution in [3.63, 3.8) is 0 Å². The molecule has 0 aliphatic rings. The smallest absolute Gasteiger partial charge is 0.219 e. The maximum absolute atomic E-state index is 11.0.